The predicted molar refractivity (Wildman–Crippen MR) is 81.8 cm³/mol. The Morgan fingerprint density at radius 3 is 2.72 bits per heavy atom. The van der Waals surface area contributed by atoms with Crippen molar-refractivity contribution in [2.45, 2.75) is 19.9 Å². The second kappa shape index (κ2) is 5.76. The van der Waals surface area contributed by atoms with Gasteiger partial charge in [-0.25, -0.2) is 0 Å². The number of thiophene rings is 1. The maximum atomic E-state index is 5.38. The van der Waals surface area contributed by atoms with Crippen molar-refractivity contribution in [3.8, 4) is 5.75 Å². The molecule has 0 radical (unpaired) electrons. The molecule has 2 rings (SSSR count). The van der Waals surface area contributed by atoms with Crippen molar-refractivity contribution in [3.05, 3.63) is 44.6 Å². The minimum atomic E-state index is 0.245. The average molecular weight is 326 g/mol. The Bertz CT molecular complexity index is 538. The van der Waals surface area contributed by atoms with E-state index in [2.05, 4.69) is 58.7 Å². The van der Waals surface area contributed by atoms with Crippen LogP contribution in [0.5, 0.6) is 5.75 Å². The first-order chi connectivity index (χ1) is 8.61. The van der Waals surface area contributed by atoms with E-state index in [-0.39, 0.29) is 6.04 Å². The van der Waals surface area contributed by atoms with E-state index >= 15 is 0 Å². The average Bonchev–Trinajstić information content (AvgIpc) is 2.76. The Labute approximate surface area is 120 Å². The zero-order valence-corrected chi connectivity index (χ0v) is 13.1. The van der Waals surface area contributed by atoms with E-state index in [4.69, 9.17) is 4.74 Å². The molecule has 96 valence electrons. The van der Waals surface area contributed by atoms with E-state index in [0.29, 0.717) is 0 Å². The largest absolute Gasteiger partial charge is 0.495 e. The van der Waals surface area contributed by atoms with Gasteiger partial charge < -0.3 is 10.1 Å². The summed E-state index contributed by atoms with van der Waals surface area (Å²) < 4.78 is 6.53. The first-order valence-electron chi connectivity index (χ1n) is 5.76. The third-order valence-electron chi connectivity index (χ3n) is 2.77. The van der Waals surface area contributed by atoms with Gasteiger partial charge in [-0.2, -0.15) is 0 Å². The summed E-state index contributed by atoms with van der Waals surface area (Å²) in [6.45, 7) is 4.23. The second-order valence-electron chi connectivity index (χ2n) is 4.20. The van der Waals surface area contributed by atoms with E-state index in [1.165, 1.54) is 10.4 Å². The molecule has 1 N–H and O–H groups in total. The molecule has 0 aliphatic carbocycles. The molecule has 0 aliphatic heterocycles. The Hall–Kier alpha value is -1.00. The third kappa shape index (κ3) is 2.87. The topological polar surface area (TPSA) is 21.3 Å². The number of aryl methyl sites for hydroxylation is 1. The quantitative estimate of drug-likeness (QED) is 0.853. The van der Waals surface area contributed by atoms with Gasteiger partial charge >= 0.3 is 0 Å². The maximum absolute atomic E-state index is 5.38. The van der Waals surface area contributed by atoms with Crippen molar-refractivity contribution in [2.24, 2.45) is 0 Å². The highest BCUT2D eigenvalue weighted by Gasteiger charge is 2.12. The molecule has 1 heterocycles. The number of rotatable bonds is 4. The molecular weight excluding hydrogens is 310 g/mol. The number of nitrogens with one attached hydrogen (secondary N) is 1. The third-order valence-corrected chi connectivity index (χ3v) is 4.82. The van der Waals surface area contributed by atoms with Gasteiger partial charge in [-0.05, 0) is 58.9 Å². The fourth-order valence-electron chi connectivity index (χ4n) is 1.85. The number of hydrogen-bond acceptors (Lipinski definition) is 3. The summed E-state index contributed by atoms with van der Waals surface area (Å²) in [5.74, 6) is 0.875. The molecule has 18 heavy (non-hydrogen) atoms. The van der Waals surface area contributed by atoms with Gasteiger partial charge in [0.25, 0.3) is 0 Å². The summed E-state index contributed by atoms with van der Waals surface area (Å²) in [6, 6.07) is 8.47. The van der Waals surface area contributed by atoms with Crippen molar-refractivity contribution in [1.82, 2.24) is 0 Å². The molecule has 1 aromatic heterocycles. The second-order valence-corrected chi connectivity index (χ2v) is 6.00. The van der Waals surface area contributed by atoms with Crippen LogP contribution in [-0.2, 0) is 0 Å². The van der Waals surface area contributed by atoms with Crippen LogP contribution in [0.2, 0.25) is 0 Å². The summed E-state index contributed by atoms with van der Waals surface area (Å²) in [7, 11) is 1.70. The molecule has 0 aliphatic rings. The first kappa shape index (κ1) is 13.4. The monoisotopic (exact) mass is 325 g/mol. The molecule has 1 unspecified atom stereocenters. The molecule has 0 amide bonds. The van der Waals surface area contributed by atoms with Crippen molar-refractivity contribution in [1.29, 1.82) is 0 Å². The lowest BCUT2D eigenvalue weighted by molar-refractivity contribution is 0.416. The molecule has 0 spiro atoms. The summed E-state index contributed by atoms with van der Waals surface area (Å²) in [4.78, 5) is 1.29. The van der Waals surface area contributed by atoms with Gasteiger partial charge in [-0.3, -0.25) is 0 Å². The van der Waals surface area contributed by atoms with Gasteiger partial charge in [0.2, 0.25) is 0 Å². The lowest BCUT2D eigenvalue weighted by Crippen LogP contribution is -2.06. The van der Waals surface area contributed by atoms with Crippen LogP contribution in [-0.4, -0.2) is 7.11 Å². The molecule has 0 fully saturated rings. The predicted octanol–water partition coefficient (Wildman–Crippen LogP) is 5.00. The maximum Gasteiger partial charge on any atom is 0.141 e. The smallest absolute Gasteiger partial charge is 0.141 e. The van der Waals surface area contributed by atoms with Crippen LogP contribution in [0.4, 0.5) is 5.69 Å². The Morgan fingerprint density at radius 2 is 2.11 bits per heavy atom. The molecule has 1 aromatic carbocycles. The van der Waals surface area contributed by atoms with Crippen LogP contribution in [0.15, 0.2) is 34.1 Å². The van der Waals surface area contributed by atoms with Gasteiger partial charge in [-0.1, -0.05) is 6.07 Å². The number of ether oxygens (including phenoxy) is 1. The first-order valence-corrected chi connectivity index (χ1v) is 7.43. The Morgan fingerprint density at radius 1 is 1.33 bits per heavy atom. The van der Waals surface area contributed by atoms with Crippen LogP contribution in [0, 0.1) is 6.92 Å². The molecule has 2 aromatic rings. The molecule has 1 atom stereocenters. The van der Waals surface area contributed by atoms with Crippen molar-refractivity contribution in [2.75, 3.05) is 12.4 Å². The number of anilines is 1. The van der Waals surface area contributed by atoms with E-state index in [1.54, 1.807) is 18.4 Å². The van der Waals surface area contributed by atoms with Crippen molar-refractivity contribution >= 4 is 33.0 Å². The number of hydrogen-bond donors (Lipinski definition) is 1. The van der Waals surface area contributed by atoms with E-state index in [1.807, 2.05) is 6.07 Å². The van der Waals surface area contributed by atoms with Crippen LogP contribution in [0.25, 0.3) is 0 Å². The molecule has 2 nitrogen and oxygen atoms in total. The molecule has 0 bridgehead atoms. The summed E-state index contributed by atoms with van der Waals surface area (Å²) >= 11 is 5.31. The fraction of sp³-hybridized carbons (Fsp3) is 0.286. The number of benzene rings is 1. The standard InChI is InChI=1S/C14H16BrNOS/c1-9-4-5-13(17-3)12(8-9)16-10(2)14-11(15)6-7-18-14/h4-8,10,16H,1-3H3. The highest BCUT2D eigenvalue weighted by Crippen LogP contribution is 2.34. The van der Waals surface area contributed by atoms with Crippen LogP contribution in [0.3, 0.4) is 0 Å². The van der Waals surface area contributed by atoms with Gasteiger partial charge in [0, 0.05) is 9.35 Å². The summed E-state index contributed by atoms with van der Waals surface area (Å²) in [5, 5.41) is 5.59. The lowest BCUT2D eigenvalue weighted by Gasteiger charge is -2.17. The zero-order valence-electron chi connectivity index (χ0n) is 10.7. The molecule has 0 saturated carbocycles. The highest BCUT2D eigenvalue weighted by atomic mass is 79.9. The summed E-state index contributed by atoms with van der Waals surface area (Å²) in [5.41, 5.74) is 2.25. The minimum absolute atomic E-state index is 0.245. The van der Waals surface area contributed by atoms with Crippen molar-refractivity contribution < 1.29 is 4.74 Å². The van der Waals surface area contributed by atoms with E-state index in [0.717, 1.165) is 15.9 Å². The van der Waals surface area contributed by atoms with Gasteiger partial charge in [0.05, 0.1) is 18.8 Å². The van der Waals surface area contributed by atoms with Gasteiger partial charge in [0.1, 0.15) is 5.75 Å². The zero-order chi connectivity index (χ0) is 13.1. The Kier molecular flexibility index (Phi) is 4.30. The van der Waals surface area contributed by atoms with Crippen molar-refractivity contribution in [3.63, 3.8) is 0 Å². The fourth-order valence-corrected chi connectivity index (χ4v) is 3.57. The minimum Gasteiger partial charge on any atom is -0.495 e. The van der Waals surface area contributed by atoms with Crippen LogP contribution in [0.1, 0.15) is 23.4 Å². The lowest BCUT2D eigenvalue weighted by atomic mass is 10.2. The van der Waals surface area contributed by atoms with Gasteiger partial charge in [-0.15, -0.1) is 11.3 Å². The SMILES string of the molecule is COc1ccc(C)cc1NC(C)c1sccc1Br. The molecule has 4 heteroatoms. The normalized spacial score (nSPS) is 12.2. The van der Waals surface area contributed by atoms with Crippen LogP contribution < -0.4 is 10.1 Å². The van der Waals surface area contributed by atoms with E-state index in [9.17, 15) is 0 Å². The van der Waals surface area contributed by atoms with Gasteiger partial charge in [0.15, 0.2) is 0 Å². The number of halogens is 1. The Balaban J connectivity index is 2.23. The molecular formula is C14H16BrNOS. The van der Waals surface area contributed by atoms with E-state index < -0.39 is 0 Å². The highest BCUT2D eigenvalue weighted by molar-refractivity contribution is 9.10. The number of methoxy groups -OCH3 is 1. The summed E-state index contributed by atoms with van der Waals surface area (Å²) in [6.07, 6.45) is 0. The molecule has 0 saturated heterocycles. The van der Waals surface area contributed by atoms with Crippen LogP contribution >= 0.6 is 27.3 Å².